The third kappa shape index (κ3) is 6.44. The molecule has 0 radical (unpaired) electrons. The number of nitrogens with one attached hydrogen (secondary N) is 1. The zero-order valence-corrected chi connectivity index (χ0v) is 20.7. The van der Waals surface area contributed by atoms with Gasteiger partial charge in [-0.15, -0.1) is 0 Å². The molecule has 14 nitrogen and oxygen atoms in total. The minimum atomic E-state index is -1.47. The van der Waals surface area contributed by atoms with Gasteiger partial charge in [-0.25, -0.2) is 14.8 Å². The molecule has 0 bridgehead atoms. The summed E-state index contributed by atoms with van der Waals surface area (Å²) in [4.78, 5) is 37.0. The highest BCUT2D eigenvalue weighted by atomic mass is 16.5. The maximum Gasteiger partial charge on any atom is 0.407 e. The van der Waals surface area contributed by atoms with Crippen LogP contribution in [-0.4, -0.2) is 111 Å². The van der Waals surface area contributed by atoms with E-state index in [9.17, 15) is 24.9 Å². The van der Waals surface area contributed by atoms with Crippen LogP contribution in [0.3, 0.4) is 0 Å². The van der Waals surface area contributed by atoms with Gasteiger partial charge in [0.05, 0.1) is 31.2 Å². The zero-order valence-electron chi connectivity index (χ0n) is 20.7. The third-order valence-electron chi connectivity index (χ3n) is 6.45. The number of aliphatic hydroxyl groups is 3. The first kappa shape index (κ1) is 28.1. The van der Waals surface area contributed by atoms with E-state index in [2.05, 4.69) is 32.1 Å². The number of nitrogens with two attached hydrogens (primary N) is 1. The molecule has 2 fully saturated rings. The van der Waals surface area contributed by atoms with Crippen LogP contribution >= 0.6 is 0 Å². The maximum absolute atomic E-state index is 12.2. The molecule has 2 aliphatic rings. The van der Waals surface area contributed by atoms with Gasteiger partial charge in [0.15, 0.2) is 12.0 Å². The molecule has 1 aromatic heterocycles. The van der Waals surface area contributed by atoms with Crippen molar-refractivity contribution in [1.29, 1.82) is 0 Å². The average molecular weight is 520 g/mol. The van der Waals surface area contributed by atoms with E-state index < -0.39 is 42.5 Å². The molecule has 1 aromatic rings. The average Bonchev–Trinajstić information content (AvgIpc) is 3.31. The Morgan fingerprint density at radius 1 is 1.35 bits per heavy atom. The molecule has 3 rings (SSSR count). The summed E-state index contributed by atoms with van der Waals surface area (Å²) in [5, 5.41) is 43.3. The van der Waals surface area contributed by atoms with Gasteiger partial charge in [0.2, 0.25) is 5.91 Å². The van der Waals surface area contributed by atoms with Gasteiger partial charge in [-0.2, -0.15) is 0 Å². The molecular weight excluding hydrogens is 486 g/mol. The Kier molecular flexibility index (Phi) is 9.59. The first-order valence-corrected chi connectivity index (χ1v) is 11.9. The molecule has 5 atom stereocenters. The Morgan fingerprint density at radius 3 is 2.68 bits per heavy atom. The van der Waals surface area contributed by atoms with Crippen molar-refractivity contribution < 1.29 is 34.8 Å². The monoisotopic (exact) mass is 519 g/mol. The molecule has 2 saturated heterocycles. The lowest BCUT2D eigenvalue weighted by Crippen LogP contribution is -2.52. The van der Waals surface area contributed by atoms with Crippen molar-refractivity contribution in [3.8, 4) is 11.8 Å². The molecule has 2 amide bonds. The van der Waals surface area contributed by atoms with Crippen LogP contribution in [0.4, 0.5) is 10.6 Å². The summed E-state index contributed by atoms with van der Waals surface area (Å²) < 4.78 is 7.09. The highest BCUT2D eigenvalue weighted by Crippen LogP contribution is 2.32. The van der Waals surface area contributed by atoms with E-state index in [1.807, 2.05) is 0 Å². The van der Waals surface area contributed by atoms with Gasteiger partial charge in [0, 0.05) is 26.7 Å². The number of amidine groups is 1. The number of imidazole rings is 1. The number of carboxylic acid groups (broad SMARTS) is 1. The van der Waals surface area contributed by atoms with Crippen LogP contribution in [0.1, 0.15) is 31.7 Å². The molecule has 7 N–H and O–H groups in total. The standard InChI is InChI=1S/C23H33N7O7/c1-3-26-21(34)14-11-37-22(18(33)17(14)32)30-12-28-16(19(24)25-2)20(30)27-8-4-5-15(31)13-6-9-29(10-7-13)23(35)36/h8,12-15,17-18,22,31-33H,3,6-7,9-11H2,1-2H3,(H2,24,25)(H,26,34)(H,35,36)/b27-8+. The van der Waals surface area contributed by atoms with Crippen molar-refractivity contribution in [2.24, 2.45) is 27.6 Å². The fraction of sp³-hybridized carbons (Fsp3) is 0.609. The summed E-state index contributed by atoms with van der Waals surface area (Å²) in [6.07, 6.45) is -2.37. The second-order valence-electron chi connectivity index (χ2n) is 8.74. The number of carbonyl (C=O) groups is 2. The van der Waals surface area contributed by atoms with E-state index >= 15 is 0 Å². The number of hydrogen-bond acceptors (Lipinski definition) is 9. The largest absolute Gasteiger partial charge is 0.465 e. The topological polar surface area (TPSA) is 208 Å². The number of ether oxygens (including phenoxy) is 1. The number of hydrogen-bond donors (Lipinski definition) is 6. The lowest BCUT2D eigenvalue weighted by molar-refractivity contribution is -0.194. The quantitative estimate of drug-likeness (QED) is 0.149. The van der Waals surface area contributed by atoms with E-state index in [0.29, 0.717) is 32.5 Å². The minimum absolute atomic E-state index is 0.0649. The van der Waals surface area contributed by atoms with Crippen LogP contribution in [0.15, 0.2) is 16.3 Å². The first-order valence-electron chi connectivity index (χ1n) is 11.9. The van der Waals surface area contributed by atoms with E-state index in [-0.39, 0.29) is 29.9 Å². The van der Waals surface area contributed by atoms with Crippen molar-refractivity contribution in [3.05, 3.63) is 12.0 Å². The SMILES string of the molecule is CCNC(=O)C1COC(n2cnc(C(N)=NC)c2/N=C/C#CC(O)C2CCN(C(=O)O)CC2)C(O)C1O. The van der Waals surface area contributed by atoms with Crippen LogP contribution in [0.5, 0.6) is 0 Å². The number of nitrogens with zero attached hydrogens (tertiary/aromatic N) is 5. The first-order chi connectivity index (χ1) is 17.7. The molecule has 5 unspecified atom stereocenters. The van der Waals surface area contributed by atoms with Crippen LogP contribution in [-0.2, 0) is 9.53 Å². The van der Waals surface area contributed by atoms with Gasteiger partial charge in [0.1, 0.15) is 23.7 Å². The van der Waals surface area contributed by atoms with Crippen molar-refractivity contribution in [3.63, 3.8) is 0 Å². The lowest BCUT2D eigenvalue weighted by Gasteiger charge is -2.37. The number of amides is 2. The van der Waals surface area contributed by atoms with Gasteiger partial charge in [-0.3, -0.25) is 14.4 Å². The van der Waals surface area contributed by atoms with Gasteiger partial charge in [-0.05, 0) is 25.7 Å². The van der Waals surface area contributed by atoms with Crippen LogP contribution in [0, 0.1) is 23.7 Å². The minimum Gasteiger partial charge on any atom is -0.465 e. The Morgan fingerprint density at radius 2 is 2.05 bits per heavy atom. The summed E-state index contributed by atoms with van der Waals surface area (Å²) in [6.45, 7) is 2.64. The van der Waals surface area contributed by atoms with E-state index in [1.54, 1.807) is 6.92 Å². The molecule has 0 aromatic carbocycles. The fourth-order valence-electron chi connectivity index (χ4n) is 4.28. The number of carbonyl (C=O) groups excluding carboxylic acids is 1. The molecule has 14 heteroatoms. The fourth-order valence-corrected chi connectivity index (χ4v) is 4.28. The van der Waals surface area contributed by atoms with Gasteiger partial charge in [-0.1, -0.05) is 11.8 Å². The molecule has 37 heavy (non-hydrogen) atoms. The van der Waals surface area contributed by atoms with Gasteiger partial charge >= 0.3 is 6.09 Å². The second kappa shape index (κ2) is 12.6. The van der Waals surface area contributed by atoms with Crippen molar-refractivity contribution in [2.45, 2.75) is 44.3 Å². The Hall–Kier alpha value is -3.51. The molecule has 3 heterocycles. The van der Waals surface area contributed by atoms with Crippen molar-refractivity contribution >= 4 is 29.9 Å². The van der Waals surface area contributed by atoms with Crippen molar-refractivity contribution in [1.82, 2.24) is 19.8 Å². The summed E-state index contributed by atoms with van der Waals surface area (Å²) >= 11 is 0. The Labute approximate surface area is 213 Å². The summed E-state index contributed by atoms with van der Waals surface area (Å²) in [7, 11) is 1.47. The normalized spacial score (nSPS) is 26.0. The van der Waals surface area contributed by atoms with Crippen LogP contribution in [0.25, 0.3) is 0 Å². The zero-order chi connectivity index (χ0) is 27.1. The molecule has 0 saturated carbocycles. The summed E-state index contributed by atoms with van der Waals surface area (Å²) in [5.74, 6) is 4.05. The third-order valence-corrected chi connectivity index (χ3v) is 6.45. The van der Waals surface area contributed by atoms with Gasteiger partial charge in [0.25, 0.3) is 0 Å². The smallest absolute Gasteiger partial charge is 0.407 e. The van der Waals surface area contributed by atoms with E-state index in [0.717, 1.165) is 0 Å². The Bertz CT molecular complexity index is 1080. The number of aromatic nitrogens is 2. The summed E-state index contributed by atoms with van der Waals surface area (Å²) in [5.41, 5.74) is 6.14. The number of aliphatic imine (C=N–C) groups is 2. The highest BCUT2D eigenvalue weighted by molar-refractivity contribution is 6.00. The van der Waals surface area contributed by atoms with Crippen LogP contribution in [0.2, 0.25) is 0 Å². The number of piperidine rings is 1. The predicted octanol–water partition coefficient (Wildman–Crippen LogP) is -1.32. The van der Waals surface area contributed by atoms with Crippen LogP contribution < -0.4 is 11.1 Å². The molecule has 202 valence electrons. The van der Waals surface area contributed by atoms with E-state index in [1.165, 1.54) is 29.1 Å². The van der Waals surface area contributed by atoms with E-state index in [4.69, 9.17) is 15.6 Å². The second-order valence-corrected chi connectivity index (χ2v) is 8.74. The lowest BCUT2D eigenvalue weighted by atomic mass is 9.92. The molecule has 0 spiro atoms. The highest BCUT2D eigenvalue weighted by Gasteiger charge is 2.43. The number of aliphatic hydroxyl groups excluding tert-OH is 3. The molecule has 0 aliphatic carbocycles. The number of likely N-dealkylation sites (tertiary alicyclic amines) is 1. The predicted molar refractivity (Wildman–Crippen MR) is 132 cm³/mol. The van der Waals surface area contributed by atoms with Crippen molar-refractivity contribution in [2.75, 3.05) is 33.3 Å². The van der Waals surface area contributed by atoms with Gasteiger partial charge < -0.3 is 41.1 Å². The molecular formula is C23H33N7O7. The summed E-state index contributed by atoms with van der Waals surface area (Å²) in [6, 6.07) is 0. The number of rotatable bonds is 6. The maximum atomic E-state index is 12.2. The Balaban J connectivity index is 1.77. The molecule has 2 aliphatic heterocycles.